The average molecular weight is 462 g/mol. The summed E-state index contributed by atoms with van der Waals surface area (Å²) in [5.41, 5.74) is 2.32. The average Bonchev–Trinajstić information content (AvgIpc) is 3.23. The molecule has 0 aliphatic carbocycles. The first-order valence-corrected chi connectivity index (χ1v) is 10.4. The summed E-state index contributed by atoms with van der Waals surface area (Å²) in [7, 11) is 3.27. The lowest BCUT2D eigenvalue weighted by molar-refractivity contribution is 0.0949. The van der Waals surface area contributed by atoms with Crippen molar-refractivity contribution in [2.24, 2.45) is 7.05 Å². The molecule has 0 fully saturated rings. The zero-order chi connectivity index (χ0) is 24.1. The van der Waals surface area contributed by atoms with E-state index in [0.29, 0.717) is 34.0 Å². The van der Waals surface area contributed by atoms with E-state index in [2.05, 4.69) is 25.7 Å². The van der Waals surface area contributed by atoms with Crippen LogP contribution in [0.15, 0.2) is 61.2 Å². The Morgan fingerprint density at radius 1 is 1.18 bits per heavy atom. The second-order valence-corrected chi connectivity index (χ2v) is 7.44. The Bertz CT molecular complexity index is 1320. The highest BCUT2D eigenvalue weighted by molar-refractivity contribution is 5.96. The van der Waals surface area contributed by atoms with Crippen LogP contribution in [0.5, 0.6) is 17.4 Å². The molecule has 34 heavy (non-hydrogen) atoms. The smallest absolute Gasteiger partial charge is 0.251 e. The predicted molar refractivity (Wildman–Crippen MR) is 124 cm³/mol. The SMILES string of the molecule is COc1ncc(F)cc1CNC(=O)c1cccc(Oc2ccnc(Nc3cnn(C)c3)c2)c1C. The number of halogens is 1. The first kappa shape index (κ1) is 22.7. The van der Waals surface area contributed by atoms with E-state index in [1.807, 2.05) is 13.2 Å². The molecule has 2 N–H and O–H groups in total. The highest BCUT2D eigenvalue weighted by Crippen LogP contribution is 2.29. The molecule has 0 bridgehead atoms. The van der Waals surface area contributed by atoms with Crippen LogP contribution in [-0.4, -0.2) is 32.8 Å². The Morgan fingerprint density at radius 3 is 2.79 bits per heavy atom. The van der Waals surface area contributed by atoms with Gasteiger partial charge in [-0.05, 0) is 31.2 Å². The molecule has 0 spiro atoms. The normalized spacial score (nSPS) is 10.6. The summed E-state index contributed by atoms with van der Waals surface area (Å²) in [6.07, 6.45) is 6.21. The number of aromatic nitrogens is 4. The van der Waals surface area contributed by atoms with Crippen molar-refractivity contribution in [3.8, 4) is 17.4 Å². The highest BCUT2D eigenvalue weighted by Gasteiger charge is 2.15. The number of amides is 1. The maximum atomic E-state index is 13.5. The van der Waals surface area contributed by atoms with Crippen LogP contribution in [0.3, 0.4) is 0 Å². The minimum Gasteiger partial charge on any atom is -0.481 e. The van der Waals surface area contributed by atoms with Gasteiger partial charge in [0.25, 0.3) is 5.91 Å². The van der Waals surface area contributed by atoms with Crippen molar-refractivity contribution in [2.75, 3.05) is 12.4 Å². The van der Waals surface area contributed by atoms with Crippen LogP contribution in [0, 0.1) is 12.7 Å². The topological polar surface area (TPSA) is 103 Å². The van der Waals surface area contributed by atoms with Crippen LogP contribution >= 0.6 is 0 Å². The Balaban J connectivity index is 1.47. The fourth-order valence-corrected chi connectivity index (χ4v) is 3.32. The second kappa shape index (κ2) is 9.99. The number of rotatable bonds is 8. The van der Waals surface area contributed by atoms with Crippen molar-refractivity contribution in [3.05, 3.63) is 83.7 Å². The number of anilines is 2. The number of aryl methyl sites for hydroxylation is 1. The summed E-state index contributed by atoms with van der Waals surface area (Å²) in [6.45, 7) is 1.86. The first-order valence-electron chi connectivity index (χ1n) is 10.4. The molecule has 0 atom stereocenters. The Hall–Kier alpha value is -4.47. The summed E-state index contributed by atoms with van der Waals surface area (Å²) in [4.78, 5) is 21.0. The Morgan fingerprint density at radius 2 is 2.03 bits per heavy atom. The number of benzene rings is 1. The summed E-state index contributed by atoms with van der Waals surface area (Å²) in [6, 6.07) is 9.96. The van der Waals surface area contributed by atoms with E-state index < -0.39 is 5.82 Å². The van der Waals surface area contributed by atoms with Crippen molar-refractivity contribution >= 4 is 17.4 Å². The van der Waals surface area contributed by atoms with Crippen molar-refractivity contribution in [3.63, 3.8) is 0 Å². The van der Waals surface area contributed by atoms with E-state index in [1.54, 1.807) is 54.3 Å². The molecular formula is C24H23FN6O3. The van der Waals surface area contributed by atoms with E-state index in [9.17, 15) is 9.18 Å². The van der Waals surface area contributed by atoms with Gasteiger partial charge in [-0.2, -0.15) is 5.10 Å². The molecule has 3 aromatic heterocycles. The van der Waals surface area contributed by atoms with Gasteiger partial charge < -0.3 is 20.1 Å². The molecule has 0 saturated heterocycles. The number of hydrogen-bond acceptors (Lipinski definition) is 7. The van der Waals surface area contributed by atoms with Crippen molar-refractivity contribution in [1.29, 1.82) is 0 Å². The number of carbonyl (C=O) groups excluding carboxylic acids is 1. The summed E-state index contributed by atoms with van der Waals surface area (Å²) in [5, 5.41) is 10.1. The molecule has 174 valence electrons. The summed E-state index contributed by atoms with van der Waals surface area (Å²) < 4.78 is 26.4. The van der Waals surface area contributed by atoms with Gasteiger partial charge in [-0.3, -0.25) is 9.48 Å². The van der Waals surface area contributed by atoms with Gasteiger partial charge in [0.15, 0.2) is 0 Å². The maximum absolute atomic E-state index is 13.5. The summed E-state index contributed by atoms with van der Waals surface area (Å²) in [5.74, 6) is 1.08. The van der Waals surface area contributed by atoms with E-state index in [1.165, 1.54) is 13.2 Å². The molecule has 1 amide bonds. The van der Waals surface area contributed by atoms with E-state index in [4.69, 9.17) is 9.47 Å². The van der Waals surface area contributed by atoms with Crippen molar-refractivity contribution < 1.29 is 18.7 Å². The molecule has 3 heterocycles. The molecule has 9 nitrogen and oxygen atoms in total. The largest absolute Gasteiger partial charge is 0.481 e. The lowest BCUT2D eigenvalue weighted by Crippen LogP contribution is -2.24. The maximum Gasteiger partial charge on any atom is 0.251 e. The van der Waals surface area contributed by atoms with Crippen LogP contribution in [0.4, 0.5) is 15.9 Å². The zero-order valence-corrected chi connectivity index (χ0v) is 18.9. The lowest BCUT2D eigenvalue weighted by atomic mass is 10.1. The predicted octanol–water partition coefficient (Wildman–Crippen LogP) is 4.13. The number of nitrogens with zero attached hydrogens (tertiary/aromatic N) is 4. The number of methoxy groups -OCH3 is 1. The van der Waals surface area contributed by atoms with Crippen LogP contribution in [-0.2, 0) is 13.6 Å². The molecule has 0 aliphatic heterocycles. The third kappa shape index (κ3) is 5.29. The van der Waals surface area contributed by atoms with Gasteiger partial charge in [0.05, 0.1) is 25.2 Å². The van der Waals surface area contributed by atoms with E-state index in [0.717, 1.165) is 11.9 Å². The number of hydrogen-bond donors (Lipinski definition) is 2. The molecule has 0 unspecified atom stereocenters. The van der Waals surface area contributed by atoms with Crippen molar-refractivity contribution in [1.82, 2.24) is 25.1 Å². The van der Waals surface area contributed by atoms with Gasteiger partial charge in [-0.25, -0.2) is 14.4 Å². The zero-order valence-electron chi connectivity index (χ0n) is 18.9. The van der Waals surface area contributed by atoms with Gasteiger partial charge in [-0.1, -0.05) is 6.07 Å². The van der Waals surface area contributed by atoms with Crippen LogP contribution in [0.2, 0.25) is 0 Å². The third-order valence-electron chi connectivity index (χ3n) is 4.99. The molecule has 10 heteroatoms. The molecule has 4 aromatic rings. The van der Waals surface area contributed by atoms with E-state index >= 15 is 0 Å². The standard InChI is InChI=1S/C24H23FN6O3/c1-15-20(23(32)27-11-16-9-17(25)12-28-24(16)33-3)5-4-6-21(15)34-19-7-8-26-22(10-19)30-18-13-29-31(2)14-18/h4-10,12-14H,11H2,1-3H3,(H,26,30)(H,27,32). The highest BCUT2D eigenvalue weighted by atomic mass is 19.1. The lowest BCUT2D eigenvalue weighted by Gasteiger charge is -2.14. The van der Waals surface area contributed by atoms with E-state index in [-0.39, 0.29) is 18.3 Å². The van der Waals surface area contributed by atoms with Gasteiger partial charge in [0.2, 0.25) is 5.88 Å². The van der Waals surface area contributed by atoms with Crippen molar-refractivity contribution in [2.45, 2.75) is 13.5 Å². The van der Waals surface area contributed by atoms with Gasteiger partial charge >= 0.3 is 0 Å². The minimum atomic E-state index is -0.508. The fourth-order valence-electron chi connectivity index (χ4n) is 3.32. The molecule has 4 rings (SSSR count). The summed E-state index contributed by atoms with van der Waals surface area (Å²) >= 11 is 0. The number of carbonyl (C=O) groups is 1. The molecule has 0 saturated carbocycles. The van der Waals surface area contributed by atoms with Crippen LogP contribution < -0.4 is 20.1 Å². The number of nitrogens with one attached hydrogen (secondary N) is 2. The fraction of sp³-hybridized carbons (Fsp3) is 0.167. The van der Waals surface area contributed by atoms with Gasteiger partial charge in [0.1, 0.15) is 23.1 Å². The second-order valence-electron chi connectivity index (χ2n) is 7.44. The quantitative estimate of drug-likeness (QED) is 0.406. The Kier molecular flexibility index (Phi) is 6.67. The third-order valence-corrected chi connectivity index (χ3v) is 4.99. The molecule has 0 radical (unpaired) electrons. The minimum absolute atomic E-state index is 0.0605. The Labute approximate surface area is 195 Å². The number of pyridine rings is 2. The molecule has 1 aromatic carbocycles. The van der Waals surface area contributed by atoms with Crippen LogP contribution in [0.1, 0.15) is 21.5 Å². The van der Waals surface area contributed by atoms with Crippen LogP contribution in [0.25, 0.3) is 0 Å². The number of ether oxygens (including phenoxy) is 2. The molecular weight excluding hydrogens is 439 g/mol. The first-order chi connectivity index (χ1) is 16.4. The van der Waals surface area contributed by atoms with Gasteiger partial charge in [-0.15, -0.1) is 0 Å². The monoisotopic (exact) mass is 462 g/mol. The molecule has 0 aliphatic rings. The van der Waals surface area contributed by atoms with Gasteiger partial charge in [0, 0.05) is 48.7 Å².